The summed E-state index contributed by atoms with van der Waals surface area (Å²) < 4.78 is 0. The zero-order valence-corrected chi connectivity index (χ0v) is 8.85. The van der Waals surface area contributed by atoms with Crippen molar-refractivity contribution in [3.8, 4) is 0 Å². The molecule has 76 valence electrons. The van der Waals surface area contributed by atoms with E-state index in [1.165, 1.54) is 0 Å². The van der Waals surface area contributed by atoms with E-state index in [0.717, 1.165) is 11.1 Å². The Morgan fingerprint density at radius 2 is 2.14 bits per heavy atom. The van der Waals surface area contributed by atoms with E-state index in [2.05, 4.69) is 5.32 Å². The van der Waals surface area contributed by atoms with Gasteiger partial charge in [0.05, 0.1) is 10.7 Å². The number of nitrogens with one attached hydrogen (secondary N) is 1. The normalized spacial score (nSPS) is 10.0. The Bertz CT molecular complexity index is 340. The molecule has 0 spiro atoms. The number of aryl methyl sites for hydroxylation is 2. The van der Waals surface area contributed by atoms with Crippen LogP contribution in [0, 0.1) is 13.8 Å². The standard InChI is InChI=1S/C10H12ClNO2/c1-6-3-7(2)10(8(11)4-6)12-9(14)5-13/h3-4,13H,5H2,1-2H3,(H,12,14). The van der Waals surface area contributed by atoms with Crippen LogP contribution in [0.1, 0.15) is 11.1 Å². The minimum atomic E-state index is -0.538. The van der Waals surface area contributed by atoms with E-state index in [1.54, 1.807) is 6.07 Å². The highest BCUT2D eigenvalue weighted by Crippen LogP contribution is 2.26. The van der Waals surface area contributed by atoms with Gasteiger partial charge in [-0.05, 0) is 31.0 Å². The second-order valence-electron chi connectivity index (χ2n) is 3.14. The number of aliphatic hydroxyl groups is 1. The molecule has 2 N–H and O–H groups in total. The first-order chi connectivity index (χ1) is 6.54. The van der Waals surface area contributed by atoms with Crippen molar-refractivity contribution in [1.29, 1.82) is 0 Å². The molecule has 1 rings (SSSR count). The van der Waals surface area contributed by atoms with E-state index >= 15 is 0 Å². The Balaban J connectivity index is 3.02. The van der Waals surface area contributed by atoms with Gasteiger partial charge in [0.15, 0.2) is 0 Å². The molecule has 0 aliphatic rings. The van der Waals surface area contributed by atoms with E-state index in [9.17, 15) is 4.79 Å². The number of halogens is 1. The maximum absolute atomic E-state index is 11.0. The van der Waals surface area contributed by atoms with Gasteiger partial charge >= 0.3 is 0 Å². The number of benzene rings is 1. The fraction of sp³-hybridized carbons (Fsp3) is 0.300. The fourth-order valence-electron chi connectivity index (χ4n) is 1.25. The average Bonchev–Trinajstić information content (AvgIpc) is 2.10. The Hall–Kier alpha value is -1.06. The predicted molar refractivity (Wildman–Crippen MR) is 56.6 cm³/mol. The maximum atomic E-state index is 11.0. The lowest BCUT2D eigenvalue weighted by atomic mass is 10.1. The Morgan fingerprint density at radius 1 is 1.50 bits per heavy atom. The molecule has 0 bridgehead atoms. The quantitative estimate of drug-likeness (QED) is 0.788. The lowest BCUT2D eigenvalue weighted by molar-refractivity contribution is -0.118. The molecule has 0 saturated heterocycles. The van der Waals surface area contributed by atoms with Crippen LogP contribution in [0.4, 0.5) is 5.69 Å². The first-order valence-corrected chi connectivity index (χ1v) is 4.60. The van der Waals surface area contributed by atoms with Crippen LogP contribution in [0.5, 0.6) is 0 Å². The van der Waals surface area contributed by atoms with Gasteiger partial charge in [0, 0.05) is 0 Å². The second-order valence-corrected chi connectivity index (χ2v) is 3.55. The van der Waals surface area contributed by atoms with Crippen molar-refractivity contribution in [2.24, 2.45) is 0 Å². The average molecular weight is 214 g/mol. The summed E-state index contributed by atoms with van der Waals surface area (Å²) in [6.07, 6.45) is 0. The van der Waals surface area contributed by atoms with Gasteiger partial charge in [-0.3, -0.25) is 4.79 Å². The van der Waals surface area contributed by atoms with Crippen LogP contribution < -0.4 is 5.32 Å². The van der Waals surface area contributed by atoms with E-state index in [0.29, 0.717) is 10.7 Å². The van der Waals surface area contributed by atoms with Crippen molar-refractivity contribution in [3.63, 3.8) is 0 Å². The molecule has 0 atom stereocenters. The molecule has 0 unspecified atom stereocenters. The first kappa shape index (κ1) is 11.0. The van der Waals surface area contributed by atoms with Crippen LogP contribution in [-0.4, -0.2) is 17.6 Å². The fourth-order valence-corrected chi connectivity index (χ4v) is 1.62. The van der Waals surface area contributed by atoms with Gasteiger partial charge in [0.2, 0.25) is 5.91 Å². The number of anilines is 1. The maximum Gasteiger partial charge on any atom is 0.250 e. The molecule has 0 fully saturated rings. The molecule has 3 nitrogen and oxygen atoms in total. The molecule has 14 heavy (non-hydrogen) atoms. The molecule has 0 aliphatic carbocycles. The third kappa shape index (κ3) is 2.47. The molecular weight excluding hydrogens is 202 g/mol. The van der Waals surface area contributed by atoms with Crippen LogP contribution in [-0.2, 0) is 4.79 Å². The second kappa shape index (κ2) is 4.44. The van der Waals surface area contributed by atoms with Crippen LogP contribution in [0.2, 0.25) is 5.02 Å². The van der Waals surface area contributed by atoms with Gasteiger partial charge in [-0.15, -0.1) is 0 Å². The highest BCUT2D eigenvalue weighted by Gasteiger charge is 2.07. The molecular formula is C10H12ClNO2. The number of carbonyl (C=O) groups is 1. The number of rotatable bonds is 2. The molecule has 1 aromatic rings. The largest absolute Gasteiger partial charge is 0.387 e. The molecule has 0 aromatic heterocycles. The first-order valence-electron chi connectivity index (χ1n) is 4.22. The molecule has 1 amide bonds. The monoisotopic (exact) mass is 213 g/mol. The summed E-state index contributed by atoms with van der Waals surface area (Å²) in [5.41, 5.74) is 2.49. The molecule has 0 saturated carbocycles. The van der Waals surface area contributed by atoms with Gasteiger partial charge in [-0.25, -0.2) is 0 Å². The number of aliphatic hydroxyl groups excluding tert-OH is 1. The van der Waals surface area contributed by atoms with Crippen molar-refractivity contribution < 1.29 is 9.90 Å². The summed E-state index contributed by atoms with van der Waals surface area (Å²) >= 11 is 5.94. The Labute approximate surface area is 87.7 Å². The van der Waals surface area contributed by atoms with Crippen molar-refractivity contribution >= 4 is 23.2 Å². The summed E-state index contributed by atoms with van der Waals surface area (Å²) in [6.45, 7) is 3.24. The number of amides is 1. The summed E-state index contributed by atoms with van der Waals surface area (Å²) in [6, 6.07) is 3.68. The molecule has 0 aliphatic heterocycles. The number of carbonyl (C=O) groups excluding carboxylic acids is 1. The van der Waals surface area contributed by atoms with Crippen molar-refractivity contribution in [1.82, 2.24) is 0 Å². The summed E-state index contributed by atoms with van der Waals surface area (Å²) in [4.78, 5) is 11.0. The van der Waals surface area contributed by atoms with Crippen LogP contribution in [0.15, 0.2) is 12.1 Å². The van der Waals surface area contributed by atoms with Gasteiger partial charge in [-0.2, -0.15) is 0 Å². The third-order valence-corrected chi connectivity index (χ3v) is 2.14. The van der Waals surface area contributed by atoms with Crippen LogP contribution in [0.3, 0.4) is 0 Å². The third-order valence-electron chi connectivity index (χ3n) is 1.84. The summed E-state index contributed by atoms with van der Waals surface area (Å²) in [5.74, 6) is -0.459. The highest BCUT2D eigenvalue weighted by molar-refractivity contribution is 6.34. The predicted octanol–water partition coefficient (Wildman–Crippen LogP) is 1.89. The summed E-state index contributed by atoms with van der Waals surface area (Å²) in [7, 11) is 0. The van der Waals surface area contributed by atoms with Gasteiger partial charge < -0.3 is 10.4 Å². The molecule has 0 radical (unpaired) electrons. The van der Waals surface area contributed by atoms with Gasteiger partial charge in [0.25, 0.3) is 0 Å². The van der Waals surface area contributed by atoms with Crippen molar-refractivity contribution in [2.75, 3.05) is 11.9 Å². The molecule has 4 heteroatoms. The SMILES string of the molecule is Cc1cc(C)c(NC(=O)CO)c(Cl)c1. The van der Waals surface area contributed by atoms with E-state index in [1.807, 2.05) is 19.9 Å². The summed E-state index contributed by atoms with van der Waals surface area (Å²) in [5, 5.41) is 11.6. The van der Waals surface area contributed by atoms with Crippen molar-refractivity contribution in [3.05, 3.63) is 28.3 Å². The van der Waals surface area contributed by atoms with E-state index in [4.69, 9.17) is 16.7 Å². The molecule has 0 heterocycles. The Morgan fingerprint density at radius 3 is 2.64 bits per heavy atom. The number of hydrogen-bond donors (Lipinski definition) is 2. The van der Waals surface area contributed by atoms with Crippen LogP contribution in [0.25, 0.3) is 0 Å². The Kier molecular flexibility index (Phi) is 3.49. The van der Waals surface area contributed by atoms with E-state index in [-0.39, 0.29) is 0 Å². The topological polar surface area (TPSA) is 49.3 Å². The minimum Gasteiger partial charge on any atom is -0.387 e. The lowest BCUT2D eigenvalue weighted by Crippen LogP contribution is -2.16. The number of hydrogen-bond acceptors (Lipinski definition) is 2. The van der Waals surface area contributed by atoms with Gasteiger partial charge in [0.1, 0.15) is 6.61 Å². The van der Waals surface area contributed by atoms with Crippen LogP contribution >= 0.6 is 11.6 Å². The molecule has 1 aromatic carbocycles. The lowest BCUT2D eigenvalue weighted by Gasteiger charge is -2.10. The highest BCUT2D eigenvalue weighted by atomic mass is 35.5. The smallest absolute Gasteiger partial charge is 0.250 e. The zero-order valence-electron chi connectivity index (χ0n) is 8.10. The van der Waals surface area contributed by atoms with Crippen molar-refractivity contribution in [2.45, 2.75) is 13.8 Å². The minimum absolute atomic E-state index is 0.459. The van der Waals surface area contributed by atoms with E-state index < -0.39 is 12.5 Å². The zero-order chi connectivity index (χ0) is 10.7. The van der Waals surface area contributed by atoms with Gasteiger partial charge in [-0.1, -0.05) is 17.7 Å².